The zero-order chi connectivity index (χ0) is 19.7. The van der Waals surface area contributed by atoms with Gasteiger partial charge in [-0.2, -0.15) is 0 Å². The van der Waals surface area contributed by atoms with Crippen LogP contribution in [0.5, 0.6) is 0 Å². The molecule has 2 aliphatic carbocycles. The van der Waals surface area contributed by atoms with E-state index >= 15 is 0 Å². The molecule has 0 spiro atoms. The second kappa shape index (κ2) is 7.55. The third-order valence-corrected chi connectivity index (χ3v) is 5.82. The largest absolute Gasteiger partial charge is 0.466 e. The lowest BCUT2D eigenvalue weighted by molar-refractivity contribution is -0.152. The molecule has 0 aromatic heterocycles. The summed E-state index contributed by atoms with van der Waals surface area (Å²) in [5.41, 5.74) is 2.16. The van der Waals surface area contributed by atoms with Crippen molar-refractivity contribution in [1.82, 2.24) is 0 Å². The fourth-order valence-corrected chi connectivity index (χ4v) is 4.65. The number of Topliss-reactive ketones (excluding diaryl/α,β-unsaturated/α-hetero) is 2. The summed E-state index contributed by atoms with van der Waals surface area (Å²) in [5, 5.41) is 0. The Bertz CT molecular complexity index is 930. The summed E-state index contributed by atoms with van der Waals surface area (Å²) in [6.07, 6.45) is 2.41. The lowest BCUT2D eigenvalue weighted by Gasteiger charge is -2.29. The Kier molecular flexibility index (Phi) is 4.95. The number of benzene rings is 2. The summed E-state index contributed by atoms with van der Waals surface area (Å²) >= 11 is 0. The fourth-order valence-electron chi connectivity index (χ4n) is 4.65. The summed E-state index contributed by atoms with van der Waals surface area (Å²) < 4.78 is 5.23. The molecule has 4 atom stereocenters. The number of rotatable bonds is 5. The molecule has 142 valence electrons. The van der Waals surface area contributed by atoms with Gasteiger partial charge in [-0.25, -0.2) is 0 Å². The minimum absolute atomic E-state index is 0.0241. The Morgan fingerprint density at radius 2 is 1.61 bits per heavy atom. The van der Waals surface area contributed by atoms with Crippen molar-refractivity contribution in [3.05, 3.63) is 77.4 Å². The highest BCUT2D eigenvalue weighted by atomic mass is 16.5. The molecule has 0 saturated heterocycles. The lowest BCUT2D eigenvalue weighted by atomic mass is 9.72. The van der Waals surface area contributed by atoms with Gasteiger partial charge >= 0.3 is 5.97 Å². The van der Waals surface area contributed by atoms with Gasteiger partial charge < -0.3 is 4.74 Å². The highest BCUT2D eigenvalue weighted by molar-refractivity contribution is 6.11. The van der Waals surface area contributed by atoms with Crippen molar-refractivity contribution in [3.63, 3.8) is 0 Å². The standard InChI is InChI=1S/C24H22O4/c1-2-28-24(27)21-19-14-17(20(21)22(25)16-11-7-4-8-12-16)18(23(19)26)13-15-9-5-3-6-10-15/h3-13,17,19-21H,2,14H2,1H3/b18-13+/t17-,19-,20+,21+/m0/s1. The summed E-state index contributed by atoms with van der Waals surface area (Å²) in [5.74, 6) is -2.52. The van der Waals surface area contributed by atoms with Gasteiger partial charge in [-0.1, -0.05) is 60.7 Å². The third kappa shape index (κ3) is 3.09. The number of hydrogen-bond acceptors (Lipinski definition) is 4. The van der Waals surface area contributed by atoms with E-state index in [0.717, 1.165) is 5.56 Å². The van der Waals surface area contributed by atoms with Crippen molar-refractivity contribution in [2.75, 3.05) is 6.61 Å². The SMILES string of the molecule is CCOC(=O)[C@H]1[C@H](C(=O)c2ccccc2)[C@H]2C[C@@H]1C(=O)/C2=C/c1ccccc1. The third-order valence-electron chi connectivity index (χ3n) is 5.82. The van der Waals surface area contributed by atoms with Crippen molar-refractivity contribution >= 4 is 23.6 Å². The first kappa shape index (κ1) is 18.4. The van der Waals surface area contributed by atoms with E-state index < -0.39 is 23.7 Å². The number of carbonyl (C=O) groups excluding carboxylic acids is 3. The van der Waals surface area contributed by atoms with E-state index in [0.29, 0.717) is 17.6 Å². The van der Waals surface area contributed by atoms with Gasteiger partial charge in [-0.05, 0) is 36.5 Å². The molecule has 2 fully saturated rings. The number of carbonyl (C=O) groups is 3. The smallest absolute Gasteiger partial charge is 0.310 e. The molecule has 2 bridgehead atoms. The number of fused-ring (bicyclic) bond motifs is 2. The molecule has 0 aliphatic heterocycles. The Labute approximate surface area is 164 Å². The highest BCUT2D eigenvalue weighted by Gasteiger charge is 2.60. The number of allylic oxidation sites excluding steroid dienone is 1. The minimum atomic E-state index is -0.696. The maximum Gasteiger partial charge on any atom is 0.310 e. The molecular weight excluding hydrogens is 352 g/mol. The van der Waals surface area contributed by atoms with Crippen LogP contribution in [-0.4, -0.2) is 24.1 Å². The Morgan fingerprint density at radius 3 is 2.25 bits per heavy atom. The first-order valence-corrected chi connectivity index (χ1v) is 9.68. The predicted molar refractivity (Wildman–Crippen MR) is 105 cm³/mol. The van der Waals surface area contributed by atoms with E-state index in [4.69, 9.17) is 4.74 Å². The summed E-state index contributed by atoms with van der Waals surface area (Å²) in [6.45, 7) is 1.97. The van der Waals surface area contributed by atoms with Gasteiger partial charge in [0.2, 0.25) is 0 Å². The van der Waals surface area contributed by atoms with Crippen molar-refractivity contribution < 1.29 is 19.1 Å². The van der Waals surface area contributed by atoms with E-state index in [-0.39, 0.29) is 24.1 Å². The zero-order valence-electron chi connectivity index (χ0n) is 15.7. The summed E-state index contributed by atoms with van der Waals surface area (Å²) in [4.78, 5) is 39.0. The van der Waals surface area contributed by atoms with Gasteiger partial charge in [0.1, 0.15) is 0 Å². The van der Waals surface area contributed by atoms with Crippen LogP contribution >= 0.6 is 0 Å². The van der Waals surface area contributed by atoms with Gasteiger partial charge in [-0.15, -0.1) is 0 Å². The molecule has 0 N–H and O–H groups in total. The molecule has 0 unspecified atom stereocenters. The summed E-state index contributed by atoms with van der Waals surface area (Å²) in [6, 6.07) is 18.6. The fraction of sp³-hybridized carbons (Fsp3) is 0.292. The molecule has 2 saturated carbocycles. The van der Waals surface area contributed by atoms with Crippen LogP contribution in [0.3, 0.4) is 0 Å². The van der Waals surface area contributed by atoms with Crippen LogP contribution in [0.25, 0.3) is 6.08 Å². The van der Waals surface area contributed by atoms with Crippen molar-refractivity contribution in [1.29, 1.82) is 0 Å². The molecule has 0 radical (unpaired) electrons. The van der Waals surface area contributed by atoms with E-state index in [9.17, 15) is 14.4 Å². The van der Waals surface area contributed by atoms with Gasteiger partial charge in [0, 0.05) is 17.4 Å². The molecule has 2 aromatic rings. The maximum atomic E-state index is 13.3. The number of ketones is 2. The predicted octanol–water partition coefficient (Wildman–Crippen LogP) is 3.97. The van der Waals surface area contributed by atoms with Gasteiger partial charge in [0.15, 0.2) is 11.6 Å². The lowest BCUT2D eigenvalue weighted by Crippen LogP contribution is -2.40. The molecule has 0 amide bonds. The van der Waals surface area contributed by atoms with Crippen molar-refractivity contribution in [3.8, 4) is 0 Å². The van der Waals surface area contributed by atoms with Gasteiger partial charge in [-0.3, -0.25) is 14.4 Å². The van der Waals surface area contributed by atoms with Crippen molar-refractivity contribution in [2.45, 2.75) is 13.3 Å². The molecule has 0 heterocycles. The molecule has 4 heteroatoms. The minimum Gasteiger partial charge on any atom is -0.466 e. The van der Waals surface area contributed by atoms with E-state index in [1.165, 1.54) is 0 Å². The maximum absolute atomic E-state index is 13.3. The molecule has 2 aromatic carbocycles. The normalized spacial score (nSPS) is 27.2. The highest BCUT2D eigenvalue weighted by Crippen LogP contribution is 2.54. The monoisotopic (exact) mass is 374 g/mol. The van der Waals surface area contributed by atoms with Crippen LogP contribution in [0, 0.1) is 23.7 Å². The topological polar surface area (TPSA) is 60.4 Å². The average Bonchev–Trinajstić information content (AvgIpc) is 3.26. The van der Waals surface area contributed by atoms with E-state index in [1.54, 1.807) is 19.1 Å². The van der Waals surface area contributed by atoms with Crippen LogP contribution in [-0.2, 0) is 14.3 Å². The molecule has 2 aliphatic rings. The Balaban J connectivity index is 1.74. The first-order valence-electron chi connectivity index (χ1n) is 9.68. The van der Waals surface area contributed by atoms with E-state index in [2.05, 4.69) is 0 Å². The first-order chi connectivity index (χ1) is 13.6. The Hall–Kier alpha value is -3.01. The second-order valence-electron chi connectivity index (χ2n) is 7.36. The number of esters is 1. The van der Waals surface area contributed by atoms with Crippen LogP contribution in [0.1, 0.15) is 29.3 Å². The van der Waals surface area contributed by atoms with Crippen LogP contribution < -0.4 is 0 Å². The molecule has 28 heavy (non-hydrogen) atoms. The second-order valence-corrected chi connectivity index (χ2v) is 7.36. The zero-order valence-corrected chi connectivity index (χ0v) is 15.7. The molecule has 4 nitrogen and oxygen atoms in total. The van der Waals surface area contributed by atoms with Gasteiger partial charge in [0.05, 0.1) is 12.5 Å². The Morgan fingerprint density at radius 1 is 0.964 bits per heavy atom. The quantitative estimate of drug-likeness (QED) is 0.451. The van der Waals surface area contributed by atoms with E-state index in [1.807, 2.05) is 54.6 Å². The van der Waals surface area contributed by atoms with Gasteiger partial charge in [0.25, 0.3) is 0 Å². The average molecular weight is 374 g/mol. The van der Waals surface area contributed by atoms with Crippen LogP contribution in [0.15, 0.2) is 66.2 Å². The molecule has 4 rings (SSSR count). The summed E-state index contributed by atoms with van der Waals surface area (Å²) in [7, 11) is 0. The number of hydrogen-bond donors (Lipinski definition) is 0. The van der Waals surface area contributed by atoms with Crippen LogP contribution in [0.4, 0.5) is 0 Å². The number of ether oxygens (including phenoxy) is 1. The molecular formula is C24H22O4. The van der Waals surface area contributed by atoms with Crippen molar-refractivity contribution in [2.24, 2.45) is 23.7 Å². The van der Waals surface area contributed by atoms with Crippen LogP contribution in [0.2, 0.25) is 0 Å².